The van der Waals surface area contributed by atoms with Crippen molar-refractivity contribution in [3.05, 3.63) is 65.2 Å². The van der Waals surface area contributed by atoms with Gasteiger partial charge in [0, 0.05) is 24.7 Å². The van der Waals surface area contributed by atoms with Crippen LogP contribution in [0.15, 0.2) is 48.5 Å². The van der Waals surface area contributed by atoms with Gasteiger partial charge >= 0.3 is 0 Å². The average Bonchev–Trinajstić information content (AvgIpc) is 2.97. The van der Waals surface area contributed by atoms with Crippen molar-refractivity contribution in [1.29, 1.82) is 0 Å². The molecule has 29 heavy (non-hydrogen) atoms. The van der Waals surface area contributed by atoms with E-state index >= 15 is 0 Å². The summed E-state index contributed by atoms with van der Waals surface area (Å²) in [5, 5.41) is 5.37. The van der Waals surface area contributed by atoms with Gasteiger partial charge in [-0.25, -0.2) is 0 Å². The number of imide groups is 2. The molecule has 0 aromatic heterocycles. The summed E-state index contributed by atoms with van der Waals surface area (Å²) in [6.07, 6.45) is 0.223. The highest BCUT2D eigenvalue weighted by molar-refractivity contribution is 6.23. The summed E-state index contributed by atoms with van der Waals surface area (Å²) in [4.78, 5) is 49.9. The third-order valence-corrected chi connectivity index (χ3v) is 5.19. The lowest BCUT2D eigenvalue weighted by Gasteiger charge is -2.27. The normalized spacial score (nSPS) is 19.8. The monoisotopic (exact) mass is 392 g/mol. The number of hydrogen-bond donors (Lipinski definition) is 3. The fourth-order valence-electron chi connectivity index (χ4n) is 3.63. The van der Waals surface area contributed by atoms with Crippen LogP contribution in [-0.2, 0) is 9.59 Å². The summed E-state index contributed by atoms with van der Waals surface area (Å²) >= 11 is 0. The van der Waals surface area contributed by atoms with Gasteiger partial charge in [-0.1, -0.05) is 30.3 Å². The van der Waals surface area contributed by atoms with Crippen LogP contribution < -0.4 is 16.4 Å². The number of carbonyl (C=O) groups excluding carboxylic acids is 4. The van der Waals surface area contributed by atoms with Crippen LogP contribution in [0.25, 0.3) is 0 Å². The second-order valence-corrected chi connectivity index (χ2v) is 7.11. The first-order valence-electron chi connectivity index (χ1n) is 9.35. The number of carbonyl (C=O) groups is 4. The standard InChI is InChI=1S/C21H20N4O4/c22-16(12-4-2-1-3-5-12)11-23-13-6-7-14-15(10-13)21(29)25(20(14)28)17-8-9-18(26)24-19(17)27/h1-7,10,16-17,23H,8-9,11,22H2,(H,24,26,27)/t16-,17?/m1/s1. The van der Waals surface area contributed by atoms with E-state index in [1.165, 1.54) is 0 Å². The number of nitrogens with one attached hydrogen (secondary N) is 2. The summed E-state index contributed by atoms with van der Waals surface area (Å²) in [5.74, 6) is -2.07. The van der Waals surface area contributed by atoms with Crippen molar-refractivity contribution in [2.45, 2.75) is 24.9 Å². The lowest BCUT2D eigenvalue weighted by atomic mass is 10.0. The molecule has 1 saturated heterocycles. The summed E-state index contributed by atoms with van der Waals surface area (Å²) in [6, 6.07) is 13.3. The fourth-order valence-corrected chi connectivity index (χ4v) is 3.63. The maximum atomic E-state index is 12.8. The number of fused-ring (bicyclic) bond motifs is 1. The third kappa shape index (κ3) is 3.50. The molecule has 8 heteroatoms. The van der Waals surface area contributed by atoms with E-state index in [0.717, 1.165) is 10.5 Å². The van der Waals surface area contributed by atoms with Crippen molar-refractivity contribution >= 4 is 29.3 Å². The van der Waals surface area contributed by atoms with Crippen molar-refractivity contribution in [3.63, 3.8) is 0 Å². The lowest BCUT2D eigenvalue weighted by Crippen LogP contribution is -2.54. The molecule has 2 aliphatic heterocycles. The molecule has 0 aliphatic carbocycles. The molecule has 2 atom stereocenters. The summed E-state index contributed by atoms with van der Waals surface area (Å²) in [5.41, 5.74) is 8.31. The molecule has 2 aromatic rings. The highest BCUT2D eigenvalue weighted by Crippen LogP contribution is 2.29. The van der Waals surface area contributed by atoms with Crippen LogP contribution in [0.5, 0.6) is 0 Å². The Labute approximate surface area is 167 Å². The van der Waals surface area contributed by atoms with E-state index in [-0.39, 0.29) is 30.0 Å². The molecule has 148 valence electrons. The van der Waals surface area contributed by atoms with Crippen molar-refractivity contribution in [2.24, 2.45) is 5.73 Å². The summed E-state index contributed by atoms with van der Waals surface area (Å²) < 4.78 is 0. The molecule has 0 radical (unpaired) electrons. The summed E-state index contributed by atoms with van der Waals surface area (Å²) in [6.45, 7) is 0.446. The van der Waals surface area contributed by atoms with Gasteiger partial charge in [0.15, 0.2) is 0 Å². The van der Waals surface area contributed by atoms with Crippen LogP contribution in [-0.4, -0.2) is 41.1 Å². The van der Waals surface area contributed by atoms with Gasteiger partial charge < -0.3 is 11.1 Å². The number of rotatable bonds is 5. The van der Waals surface area contributed by atoms with E-state index in [1.807, 2.05) is 30.3 Å². The highest BCUT2D eigenvalue weighted by Gasteiger charge is 2.44. The first-order chi connectivity index (χ1) is 14.0. The second-order valence-electron chi connectivity index (χ2n) is 7.11. The number of nitrogens with two attached hydrogens (primary N) is 1. The zero-order valence-corrected chi connectivity index (χ0v) is 15.6. The molecular weight excluding hydrogens is 372 g/mol. The summed E-state index contributed by atoms with van der Waals surface area (Å²) in [7, 11) is 0. The fraction of sp³-hybridized carbons (Fsp3) is 0.238. The number of amides is 4. The second kappa shape index (κ2) is 7.48. The Balaban J connectivity index is 1.50. The Morgan fingerprint density at radius 2 is 1.76 bits per heavy atom. The average molecular weight is 392 g/mol. The molecular formula is C21H20N4O4. The maximum Gasteiger partial charge on any atom is 0.262 e. The van der Waals surface area contributed by atoms with Gasteiger partial charge in [-0.3, -0.25) is 29.4 Å². The molecule has 8 nitrogen and oxygen atoms in total. The van der Waals surface area contributed by atoms with E-state index in [0.29, 0.717) is 12.2 Å². The molecule has 0 bridgehead atoms. The zero-order chi connectivity index (χ0) is 20.5. The van der Waals surface area contributed by atoms with Gasteiger partial charge in [0.1, 0.15) is 6.04 Å². The molecule has 0 spiro atoms. The smallest absolute Gasteiger partial charge is 0.262 e. The molecule has 2 aliphatic rings. The Morgan fingerprint density at radius 1 is 1.03 bits per heavy atom. The Bertz CT molecular complexity index is 1000. The molecule has 1 fully saturated rings. The number of hydrogen-bond acceptors (Lipinski definition) is 6. The van der Waals surface area contributed by atoms with Crippen LogP contribution in [0, 0.1) is 0 Å². The Hall–Kier alpha value is -3.52. The SMILES string of the molecule is N[C@H](CNc1ccc2c(c1)C(=O)N(C1CCC(=O)NC1=O)C2=O)c1ccccc1. The first-order valence-corrected chi connectivity index (χ1v) is 9.35. The Kier molecular flexibility index (Phi) is 4.85. The minimum absolute atomic E-state index is 0.0913. The van der Waals surface area contributed by atoms with E-state index in [4.69, 9.17) is 5.73 Å². The minimum Gasteiger partial charge on any atom is -0.383 e. The van der Waals surface area contributed by atoms with Crippen LogP contribution in [0.3, 0.4) is 0 Å². The zero-order valence-electron chi connectivity index (χ0n) is 15.6. The molecule has 1 unspecified atom stereocenters. The third-order valence-electron chi connectivity index (χ3n) is 5.19. The van der Waals surface area contributed by atoms with E-state index in [1.54, 1.807) is 18.2 Å². The highest BCUT2D eigenvalue weighted by atomic mass is 16.2. The van der Waals surface area contributed by atoms with Gasteiger partial charge in [0.25, 0.3) is 11.8 Å². The number of nitrogens with zero attached hydrogens (tertiary/aromatic N) is 1. The molecule has 4 rings (SSSR count). The van der Waals surface area contributed by atoms with E-state index < -0.39 is 29.7 Å². The number of piperidine rings is 1. The van der Waals surface area contributed by atoms with Crippen LogP contribution in [0.1, 0.15) is 45.2 Å². The van der Waals surface area contributed by atoms with Crippen molar-refractivity contribution in [2.75, 3.05) is 11.9 Å². The van der Waals surface area contributed by atoms with Crippen molar-refractivity contribution < 1.29 is 19.2 Å². The molecule has 2 aromatic carbocycles. The molecule has 0 saturated carbocycles. The predicted octanol–water partition coefficient (Wildman–Crippen LogP) is 1.20. The van der Waals surface area contributed by atoms with Crippen molar-refractivity contribution in [3.8, 4) is 0 Å². The predicted molar refractivity (Wildman–Crippen MR) is 105 cm³/mol. The van der Waals surface area contributed by atoms with E-state index in [9.17, 15) is 19.2 Å². The number of anilines is 1. The van der Waals surface area contributed by atoms with Crippen LogP contribution >= 0.6 is 0 Å². The van der Waals surface area contributed by atoms with Gasteiger partial charge in [-0.05, 0) is 30.2 Å². The Morgan fingerprint density at radius 3 is 2.48 bits per heavy atom. The largest absolute Gasteiger partial charge is 0.383 e. The van der Waals surface area contributed by atoms with Gasteiger partial charge in [-0.2, -0.15) is 0 Å². The number of benzene rings is 2. The van der Waals surface area contributed by atoms with Gasteiger partial charge in [0.2, 0.25) is 11.8 Å². The minimum atomic E-state index is -0.969. The maximum absolute atomic E-state index is 12.8. The molecule has 2 heterocycles. The topological polar surface area (TPSA) is 122 Å². The molecule has 4 N–H and O–H groups in total. The lowest BCUT2D eigenvalue weighted by molar-refractivity contribution is -0.136. The van der Waals surface area contributed by atoms with Crippen molar-refractivity contribution in [1.82, 2.24) is 10.2 Å². The van der Waals surface area contributed by atoms with Crippen LogP contribution in [0.4, 0.5) is 5.69 Å². The quantitative estimate of drug-likeness (QED) is 0.658. The van der Waals surface area contributed by atoms with Crippen LogP contribution in [0.2, 0.25) is 0 Å². The van der Waals surface area contributed by atoms with Gasteiger partial charge in [-0.15, -0.1) is 0 Å². The van der Waals surface area contributed by atoms with E-state index in [2.05, 4.69) is 10.6 Å². The first kappa shape index (κ1) is 18.8. The molecule has 4 amide bonds. The van der Waals surface area contributed by atoms with Gasteiger partial charge in [0.05, 0.1) is 11.1 Å².